The lowest BCUT2D eigenvalue weighted by Gasteiger charge is -2.17. The SMILES string of the molecule is C[C@H](Cn1cnc2c(N)ncnc21)OC[P@@](=O)(Cl)Oc1ccccc1. The largest absolute Gasteiger partial charge is 0.431 e. The monoisotopic (exact) mass is 381 g/mol. The number of benzene rings is 1. The molecule has 3 aromatic rings. The second-order valence-electron chi connectivity index (χ2n) is 5.43. The molecule has 132 valence electrons. The Kier molecular flexibility index (Phi) is 5.22. The summed E-state index contributed by atoms with van der Waals surface area (Å²) in [5.74, 6) is 0.753. The molecule has 3 rings (SSSR count). The van der Waals surface area contributed by atoms with E-state index in [-0.39, 0.29) is 12.5 Å². The number of hydrogen-bond donors (Lipinski definition) is 1. The van der Waals surface area contributed by atoms with E-state index in [1.54, 1.807) is 35.2 Å². The summed E-state index contributed by atoms with van der Waals surface area (Å²) in [7, 11) is 0. The summed E-state index contributed by atoms with van der Waals surface area (Å²) in [5.41, 5.74) is 6.90. The van der Waals surface area contributed by atoms with Crippen LogP contribution in [0.5, 0.6) is 5.75 Å². The Labute approximate surface area is 149 Å². The molecule has 2 atom stereocenters. The van der Waals surface area contributed by atoms with E-state index < -0.39 is 6.72 Å². The summed E-state index contributed by atoms with van der Waals surface area (Å²) >= 11 is 5.96. The number of anilines is 1. The first-order valence-corrected chi connectivity index (χ1v) is 10.2. The van der Waals surface area contributed by atoms with Crippen molar-refractivity contribution in [3.63, 3.8) is 0 Å². The van der Waals surface area contributed by atoms with Gasteiger partial charge in [-0.25, -0.2) is 15.0 Å². The summed E-state index contributed by atoms with van der Waals surface area (Å²) in [6.45, 7) is -1.17. The molecule has 0 saturated carbocycles. The normalized spacial score (nSPS) is 15.0. The smallest absolute Gasteiger partial charge is 0.361 e. The van der Waals surface area contributed by atoms with Gasteiger partial charge in [0.1, 0.15) is 23.9 Å². The van der Waals surface area contributed by atoms with Gasteiger partial charge in [-0.15, -0.1) is 0 Å². The fourth-order valence-electron chi connectivity index (χ4n) is 2.24. The number of para-hydroxylation sites is 1. The minimum atomic E-state index is -3.43. The summed E-state index contributed by atoms with van der Waals surface area (Å²) < 4.78 is 25.0. The summed E-state index contributed by atoms with van der Waals surface area (Å²) in [6.07, 6.45) is 2.48. The van der Waals surface area contributed by atoms with Crippen LogP contribution in [0.2, 0.25) is 0 Å². The van der Waals surface area contributed by atoms with Crippen molar-refractivity contribution in [2.75, 3.05) is 12.1 Å². The summed E-state index contributed by atoms with van der Waals surface area (Å²) in [4.78, 5) is 12.3. The number of nitrogens with zero attached hydrogens (tertiary/aromatic N) is 4. The van der Waals surface area contributed by atoms with Crippen LogP contribution in [-0.2, 0) is 15.8 Å². The lowest BCUT2D eigenvalue weighted by molar-refractivity contribution is 0.0844. The maximum absolute atomic E-state index is 12.3. The molecule has 10 heteroatoms. The number of nitrogen functional groups attached to an aromatic ring is 1. The lowest BCUT2D eigenvalue weighted by atomic mass is 10.3. The van der Waals surface area contributed by atoms with Crippen LogP contribution in [0.15, 0.2) is 43.0 Å². The molecule has 0 spiro atoms. The van der Waals surface area contributed by atoms with Gasteiger partial charge in [0.15, 0.2) is 11.5 Å². The summed E-state index contributed by atoms with van der Waals surface area (Å²) in [5, 5.41) is 0. The van der Waals surface area contributed by atoms with Crippen molar-refractivity contribution in [2.24, 2.45) is 0 Å². The number of imidazole rings is 1. The molecular formula is C15H17ClN5O3P. The van der Waals surface area contributed by atoms with E-state index >= 15 is 0 Å². The van der Waals surface area contributed by atoms with Crippen molar-refractivity contribution in [3.05, 3.63) is 43.0 Å². The van der Waals surface area contributed by atoms with Crippen molar-refractivity contribution in [1.29, 1.82) is 0 Å². The lowest BCUT2D eigenvalue weighted by Crippen LogP contribution is -2.17. The standard InChI is InChI=1S/C15H17ClN5O3P/c1-11(7-21-9-20-13-14(17)18-8-19-15(13)21)23-10-25(16,22)24-12-5-3-2-4-6-12/h2-6,8-9,11H,7,10H2,1H3,(H2,17,18,19)/t11-,25+/m1/s1. The number of rotatable bonds is 7. The number of halogens is 1. The molecule has 0 fully saturated rings. The topological polar surface area (TPSA) is 105 Å². The first-order valence-electron chi connectivity index (χ1n) is 7.51. The van der Waals surface area contributed by atoms with Gasteiger partial charge in [0, 0.05) is 0 Å². The van der Waals surface area contributed by atoms with Crippen LogP contribution in [0, 0.1) is 0 Å². The third kappa shape index (κ3) is 4.48. The van der Waals surface area contributed by atoms with Crippen molar-refractivity contribution >= 4 is 34.9 Å². The predicted octanol–water partition coefficient (Wildman–Crippen LogP) is 3.28. The third-order valence-electron chi connectivity index (χ3n) is 3.38. The highest BCUT2D eigenvalue weighted by Crippen LogP contribution is 2.52. The number of aromatic nitrogens is 4. The summed E-state index contributed by atoms with van der Waals surface area (Å²) in [6, 6.07) is 8.73. The van der Waals surface area contributed by atoms with Gasteiger partial charge in [0.2, 0.25) is 0 Å². The number of nitrogens with two attached hydrogens (primary N) is 1. The quantitative estimate of drug-likeness (QED) is 0.626. The van der Waals surface area contributed by atoms with Crippen LogP contribution < -0.4 is 10.3 Å². The van der Waals surface area contributed by atoms with Crippen LogP contribution in [0.3, 0.4) is 0 Å². The van der Waals surface area contributed by atoms with E-state index in [1.165, 1.54) is 6.33 Å². The molecule has 0 bridgehead atoms. The van der Waals surface area contributed by atoms with Crippen LogP contribution in [0.1, 0.15) is 6.92 Å². The number of hydrogen-bond acceptors (Lipinski definition) is 7. The average Bonchev–Trinajstić information content (AvgIpc) is 2.98. The fourth-order valence-corrected chi connectivity index (χ4v) is 3.57. The molecule has 0 aliphatic carbocycles. The molecule has 1 aromatic carbocycles. The number of fused-ring (bicyclic) bond motifs is 1. The van der Waals surface area contributed by atoms with Gasteiger partial charge in [-0.3, -0.25) is 4.57 Å². The van der Waals surface area contributed by atoms with E-state index in [1.807, 2.05) is 13.0 Å². The van der Waals surface area contributed by atoms with Gasteiger partial charge in [-0.1, -0.05) is 18.2 Å². The van der Waals surface area contributed by atoms with Gasteiger partial charge < -0.3 is 19.6 Å². The molecule has 0 saturated heterocycles. The van der Waals surface area contributed by atoms with Gasteiger partial charge in [0.25, 0.3) is 0 Å². The van der Waals surface area contributed by atoms with Gasteiger partial charge >= 0.3 is 6.72 Å². The van der Waals surface area contributed by atoms with Crippen molar-refractivity contribution in [1.82, 2.24) is 19.5 Å². The highest BCUT2D eigenvalue weighted by molar-refractivity contribution is 7.85. The highest BCUT2D eigenvalue weighted by atomic mass is 35.7. The van der Waals surface area contributed by atoms with Crippen molar-refractivity contribution in [3.8, 4) is 5.75 Å². The molecule has 8 nitrogen and oxygen atoms in total. The molecule has 2 N–H and O–H groups in total. The van der Waals surface area contributed by atoms with E-state index in [4.69, 9.17) is 26.2 Å². The predicted molar refractivity (Wildman–Crippen MR) is 95.7 cm³/mol. The zero-order chi connectivity index (χ0) is 17.9. The molecule has 0 unspecified atom stereocenters. The van der Waals surface area contributed by atoms with Gasteiger partial charge in [-0.05, 0) is 30.3 Å². The minimum Gasteiger partial charge on any atom is -0.431 e. The Hall–Kier alpha value is -2.15. The highest BCUT2D eigenvalue weighted by Gasteiger charge is 2.23. The average molecular weight is 382 g/mol. The second kappa shape index (κ2) is 7.39. The molecule has 0 radical (unpaired) electrons. The first kappa shape index (κ1) is 17.7. The third-order valence-corrected chi connectivity index (χ3v) is 4.82. The fraction of sp³-hybridized carbons (Fsp3) is 0.267. The molecule has 2 aromatic heterocycles. The molecule has 0 aliphatic heterocycles. The van der Waals surface area contributed by atoms with E-state index in [0.29, 0.717) is 29.3 Å². The zero-order valence-corrected chi connectivity index (χ0v) is 15.1. The van der Waals surface area contributed by atoms with Gasteiger partial charge in [0.05, 0.1) is 19.0 Å². The molecule has 0 amide bonds. The molecular weight excluding hydrogens is 365 g/mol. The Morgan fingerprint density at radius 2 is 2.04 bits per heavy atom. The van der Waals surface area contributed by atoms with E-state index in [2.05, 4.69) is 15.0 Å². The van der Waals surface area contributed by atoms with Gasteiger partial charge in [-0.2, -0.15) is 0 Å². The van der Waals surface area contributed by atoms with Crippen LogP contribution in [0.25, 0.3) is 11.2 Å². The molecule has 25 heavy (non-hydrogen) atoms. The Bertz CT molecular complexity index is 905. The molecule has 2 heterocycles. The van der Waals surface area contributed by atoms with Crippen molar-refractivity contribution in [2.45, 2.75) is 19.6 Å². The number of ether oxygens (including phenoxy) is 1. The second-order valence-corrected chi connectivity index (χ2v) is 8.60. The Morgan fingerprint density at radius 1 is 1.28 bits per heavy atom. The minimum absolute atomic E-state index is 0.214. The Morgan fingerprint density at radius 3 is 2.80 bits per heavy atom. The van der Waals surface area contributed by atoms with E-state index in [0.717, 1.165) is 0 Å². The van der Waals surface area contributed by atoms with Crippen LogP contribution in [-0.4, -0.2) is 32.0 Å². The maximum Gasteiger partial charge on any atom is 0.361 e. The molecule has 0 aliphatic rings. The zero-order valence-electron chi connectivity index (χ0n) is 13.4. The van der Waals surface area contributed by atoms with E-state index in [9.17, 15) is 4.57 Å². The van der Waals surface area contributed by atoms with Crippen molar-refractivity contribution < 1.29 is 13.8 Å². The Balaban J connectivity index is 1.59. The first-order chi connectivity index (χ1) is 11.9. The van der Waals surface area contributed by atoms with Crippen LogP contribution >= 0.6 is 18.0 Å². The maximum atomic E-state index is 12.3. The van der Waals surface area contributed by atoms with Crippen LogP contribution in [0.4, 0.5) is 5.82 Å².